The average Bonchev–Trinajstić information content (AvgIpc) is 2.72. The van der Waals surface area contributed by atoms with Crippen molar-refractivity contribution in [3.8, 4) is 0 Å². The van der Waals surface area contributed by atoms with Gasteiger partial charge < -0.3 is 5.73 Å². The van der Waals surface area contributed by atoms with Crippen LogP contribution in [0.25, 0.3) is 0 Å². The minimum atomic E-state index is 0.867. The number of hydrogen-bond acceptors (Lipinski definition) is 5. The molecule has 6 aliphatic rings. The van der Waals surface area contributed by atoms with Crippen molar-refractivity contribution in [2.45, 2.75) is 45.4 Å². The SMILES string of the molecule is C1CN2CCN1CC2.C1CN2CCN1CC2.CCCCCCCCN. The molecule has 0 aliphatic carbocycles. The summed E-state index contributed by atoms with van der Waals surface area (Å²) in [7, 11) is 0. The van der Waals surface area contributed by atoms with Crippen LogP contribution in [0.1, 0.15) is 45.4 Å². The van der Waals surface area contributed by atoms with Gasteiger partial charge in [-0.05, 0) is 13.0 Å². The van der Waals surface area contributed by atoms with E-state index in [0.717, 1.165) is 6.54 Å². The molecule has 0 atom stereocenters. The predicted octanol–water partition coefficient (Wildman–Crippen LogP) is 1.54. The second kappa shape index (κ2) is 13.0. The van der Waals surface area contributed by atoms with Crippen LogP contribution >= 0.6 is 0 Å². The number of nitrogens with two attached hydrogens (primary N) is 1. The zero-order valence-electron chi connectivity index (χ0n) is 16.8. The van der Waals surface area contributed by atoms with Gasteiger partial charge in [-0.1, -0.05) is 39.0 Å². The van der Waals surface area contributed by atoms with Gasteiger partial charge >= 0.3 is 0 Å². The lowest BCUT2D eigenvalue weighted by molar-refractivity contribution is 0.0647. The van der Waals surface area contributed by atoms with E-state index < -0.39 is 0 Å². The molecule has 5 heteroatoms. The Labute approximate surface area is 156 Å². The highest BCUT2D eigenvalue weighted by Gasteiger charge is 2.22. The fraction of sp³-hybridized carbons (Fsp3) is 1.00. The number of unbranched alkanes of at least 4 members (excludes halogenated alkanes) is 5. The molecule has 6 saturated heterocycles. The van der Waals surface area contributed by atoms with E-state index >= 15 is 0 Å². The van der Waals surface area contributed by atoms with Gasteiger partial charge in [-0.25, -0.2) is 0 Å². The van der Waals surface area contributed by atoms with Gasteiger partial charge in [0, 0.05) is 78.5 Å². The van der Waals surface area contributed by atoms with Gasteiger partial charge in [0.25, 0.3) is 0 Å². The highest BCUT2D eigenvalue weighted by Crippen LogP contribution is 2.07. The summed E-state index contributed by atoms with van der Waals surface area (Å²) in [5, 5.41) is 0. The smallest absolute Gasteiger partial charge is 0.0110 e. The highest BCUT2D eigenvalue weighted by atomic mass is 15.3. The Kier molecular flexibility index (Phi) is 11.0. The van der Waals surface area contributed by atoms with Crippen molar-refractivity contribution >= 4 is 0 Å². The number of piperazine rings is 6. The van der Waals surface area contributed by atoms with Gasteiger partial charge in [0.1, 0.15) is 0 Å². The summed E-state index contributed by atoms with van der Waals surface area (Å²) in [6.45, 7) is 18.9. The Hall–Kier alpha value is -0.200. The molecule has 0 amide bonds. The van der Waals surface area contributed by atoms with Crippen LogP contribution in [0, 0.1) is 0 Å². The molecule has 0 unspecified atom stereocenters. The van der Waals surface area contributed by atoms with Gasteiger partial charge in [-0.15, -0.1) is 0 Å². The minimum Gasteiger partial charge on any atom is -0.330 e. The summed E-state index contributed by atoms with van der Waals surface area (Å²) in [6, 6.07) is 0. The van der Waals surface area contributed by atoms with Crippen LogP contribution in [0.3, 0.4) is 0 Å². The molecular formula is C20H43N5. The number of fused-ring (bicyclic) bond motifs is 6. The van der Waals surface area contributed by atoms with Crippen LogP contribution in [0.15, 0.2) is 0 Å². The average molecular weight is 354 g/mol. The van der Waals surface area contributed by atoms with Crippen molar-refractivity contribution in [2.75, 3.05) is 85.1 Å². The first-order valence-electron chi connectivity index (χ1n) is 10.9. The first-order chi connectivity index (χ1) is 12.3. The third-order valence-corrected chi connectivity index (χ3v) is 5.95. The molecule has 4 bridgehead atoms. The van der Waals surface area contributed by atoms with Crippen molar-refractivity contribution in [2.24, 2.45) is 5.73 Å². The van der Waals surface area contributed by atoms with Gasteiger partial charge in [0.2, 0.25) is 0 Å². The van der Waals surface area contributed by atoms with E-state index in [0.29, 0.717) is 0 Å². The molecule has 6 aliphatic heterocycles. The first-order valence-corrected chi connectivity index (χ1v) is 10.9. The van der Waals surface area contributed by atoms with Crippen LogP contribution in [0.4, 0.5) is 0 Å². The van der Waals surface area contributed by atoms with Gasteiger partial charge in [-0.3, -0.25) is 19.6 Å². The molecule has 6 rings (SSSR count). The Balaban J connectivity index is 0.000000135. The lowest BCUT2D eigenvalue weighted by atomic mass is 10.1. The van der Waals surface area contributed by atoms with E-state index in [2.05, 4.69) is 26.5 Å². The zero-order chi connectivity index (χ0) is 17.7. The Morgan fingerprint density at radius 2 is 0.760 bits per heavy atom. The van der Waals surface area contributed by atoms with Gasteiger partial charge in [0.05, 0.1) is 0 Å². The molecule has 25 heavy (non-hydrogen) atoms. The Morgan fingerprint density at radius 1 is 0.480 bits per heavy atom. The molecule has 5 nitrogen and oxygen atoms in total. The maximum atomic E-state index is 5.34. The summed E-state index contributed by atoms with van der Waals surface area (Å²) >= 11 is 0. The van der Waals surface area contributed by atoms with Crippen molar-refractivity contribution in [1.82, 2.24) is 19.6 Å². The molecule has 0 aromatic carbocycles. The zero-order valence-corrected chi connectivity index (χ0v) is 16.8. The van der Waals surface area contributed by atoms with E-state index in [1.807, 2.05) is 0 Å². The van der Waals surface area contributed by atoms with Gasteiger partial charge in [-0.2, -0.15) is 0 Å². The maximum absolute atomic E-state index is 5.34. The standard InChI is InChI=1S/C8H19N.2C6H12N2/c1-2-3-4-5-6-7-8-9;2*1-2-8-5-3-7(1)4-6-8/h2-9H2,1H3;2*1-6H2. The summed E-state index contributed by atoms with van der Waals surface area (Å²) < 4.78 is 0. The van der Waals surface area contributed by atoms with Crippen molar-refractivity contribution < 1.29 is 0 Å². The van der Waals surface area contributed by atoms with E-state index in [9.17, 15) is 0 Å². The van der Waals surface area contributed by atoms with Crippen LogP contribution in [0.5, 0.6) is 0 Å². The second-order valence-electron chi connectivity index (χ2n) is 7.92. The van der Waals surface area contributed by atoms with E-state index in [4.69, 9.17) is 5.73 Å². The third-order valence-electron chi connectivity index (χ3n) is 5.95. The molecule has 0 spiro atoms. The van der Waals surface area contributed by atoms with Crippen LogP contribution in [-0.2, 0) is 0 Å². The fourth-order valence-electron chi connectivity index (χ4n) is 3.96. The van der Waals surface area contributed by atoms with Crippen molar-refractivity contribution in [1.29, 1.82) is 0 Å². The topological polar surface area (TPSA) is 39.0 Å². The Bertz CT molecular complexity index is 233. The summed E-state index contributed by atoms with van der Waals surface area (Å²) in [6.07, 6.45) is 8.05. The molecule has 6 fully saturated rings. The lowest BCUT2D eigenvalue weighted by Gasteiger charge is -2.41. The number of nitrogens with zero attached hydrogens (tertiary/aromatic N) is 4. The van der Waals surface area contributed by atoms with Crippen LogP contribution in [0.2, 0.25) is 0 Å². The van der Waals surface area contributed by atoms with Crippen LogP contribution in [-0.4, -0.2) is 105 Å². The molecule has 0 aromatic heterocycles. The maximum Gasteiger partial charge on any atom is 0.0110 e. The summed E-state index contributed by atoms with van der Waals surface area (Å²) in [5.74, 6) is 0. The minimum absolute atomic E-state index is 0.867. The number of hydrogen-bond donors (Lipinski definition) is 1. The van der Waals surface area contributed by atoms with Gasteiger partial charge in [0.15, 0.2) is 0 Å². The van der Waals surface area contributed by atoms with E-state index in [-0.39, 0.29) is 0 Å². The summed E-state index contributed by atoms with van der Waals surface area (Å²) in [4.78, 5) is 10.2. The molecule has 0 radical (unpaired) electrons. The van der Waals surface area contributed by atoms with E-state index in [1.54, 1.807) is 0 Å². The number of rotatable bonds is 6. The molecule has 0 saturated carbocycles. The second-order valence-corrected chi connectivity index (χ2v) is 7.92. The molecule has 2 N–H and O–H groups in total. The monoisotopic (exact) mass is 353 g/mol. The van der Waals surface area contributed by atoms with Crippen LogP contribution < -0.4 is 5.73 Å². The normalized spacial score (nSPS) is 32.4. The summed E-state index contributed by atoms with van der Waals surface area (Å²) in [5.41, 5.74) is 5.34. The Morgan fingerprint density at radius 3 is 1.00 bits per heavy atom. The third kappa shape index (κ3) is 8.83. The lowest BCUT2D eigenvalue weighted by Crippen LogP contribution is -2.55. The predicted molar refractivity (Wildman–Crippen MR) is 108 cm³/mol. The largest absolute Gasteiger partial charge is 0.330 e. The van der Waals surface area contributed by atoms with E-state index in [1.165, 1.54) is 117 Å². The van der Waals surface area contributed by atoms with Crippen molar-refractivity contribution in [3.05, 3.63) is 0 Å². The molecule has 148 valence electrons. The highest BCUT2D eigenvalue weighted by molar-refractivity contribution is 4.79. The molecule has 0 aromatic rings. The fourth-order valence-corrected chi connectivity index (χ4v) is 3.96. The molecular weight excluding hydrogens is 310 g/mol. The first kappa shape index (κ1) is 21.1. The van der Waals surface area contributed by atoms with Crippen molar-refractivity contribution in [3.63, 3.8) is 0 Å². The molecule has 6 heterocycles. The quantitative estimate of drug-likeness (QED) is 0.734.